The number of oxazole rings is 1. The highest BCUT2D eigenvalue weighted by molar-refractivity contribution is 7.99. The van der Waals surface area contributed by atoms with Crippen molar-refractivity contribution in [1.29, 1.82) is 0 Å². The second-order valence-corrected chi connectivity index (χ2v) is 3.98. The highest BCUT2D eigenvalue weighted by atomic mass is 32.2. The Labute approximate surface area is 88.4 Å². The monoisotopic (exact) mass is 216 g/mol. The van der Waals surface area contributed by atoms with Gasteiger partial charge in [-0.15, -0.1) is 0 Å². The molecule has 80 valence electrons. The van der Waals surface area contributed by atoms with Gasteiger partial charge in [0, 0.05) is 18.9 Å². The number of aryl methyl sites for hydroxylation is 1. The van der Waals surface area contributed by atoms with Gasteiger partial charge in [0.15, 0.2) is 0 Å². The first-order valence-electron chi connectivity index (χ1n) is 4.47. The fourth-order valence-electron chi connectivity index (χ4n) is 0.987. The topological polar surface area (TPSA) is 47.3 Å². The Morgan fingerprint density at radius 3 is 3.00 bits per heavy atom. The smallest absolute Gasteiger partial charge is 0.255 e. The minimum absolute atomic E-state index is 0.331. The summed E-state index contributed by atoms with van der Waals surface area (Å²) in [6.45, 7) is 2.61. The third-order valence-corrected chi connectivity index (χ3v) is 2.79. The van der Waals surface area contributed by atoms with E-state index in [0.717, 1.165) is 16.7 Å². The number of nitrogens with one attached hydrogen (secondary N) is 1. The molecule has 1 atom stereocenters. The van der Waals surface area contributed by atoms with Gasteiger partial charge in [0.2, 0.25) is 0 Å². The number of ether oxygens (including phenoxy) is 1. The van der Waals surface area contributed by atoms with E-state index in [2.05, 4.69) is 10.3 Å². The summed E-state index contributed by atoms with van der Waals surface area (Å²) in [5.41, 5.74) is 0.917. The summed E-state index contributed by atoms with van der Waals surface area (Å²) in [7, 11) is 3.62. The predicted octanol–water partition coefficient (Wildman–Crippen LogP) is 1.31. The van der Waals surface area contributed by atoms with Crippen LogP contribution < -0.4 is 5.32 Å². The lowest BCUT2D eigenvalue weighted by Gasteiger charge is -2.12. The maximum atomic E-state index is 5.22. The van der Waals surface area contributed by atoms with Crippen LogP contribution in [0.15, 0.2) is 15.9 Å². The molecule has 1 heterocycles. The fraction of sp³-hybridized carbons (Fsp3) is 0.667. The molecule has 0 saturated heterocycles. The van der Waals surface area contributed by atoms with Crippen LogP contribution in [0.25, 0.3) is 0 Å². The van der Waals surface area contributed by atoms with Gasteiger partial charge in [-0.1, -0.05) is 11.8 Å². The molecule has 0 aliphatic heterocycles. The molecule has 1 rings (SSSR count). The van der Waals surface area contributed by atoms with E-state index in [0.29, 0.717) is 12.6 Å². The van der Waals surface area contributed by atoms with Crippen LogP contribution in [0.5, 0.6) is 0 Å². The van der Waals surface area contributed by atoms with Crippen LogP contribution >= 0.6 is 11.8 Å². The number of hydrogen-bond acceptors (Lipinski definition) is 5. The van der Waals surface area contributed by atoms with Crippen molar-refractivity contribution in [1.82, 2.24) is 10.3 Å². The van der Waals surface area contributed by atoms with Crippen LogP contribution in [-0.2, 0) is 4.74 Å². The van der Waals surface area contributed by atoms with Crippen LogP contribution in [0.2, 0.25) is 0 Å². The lowest BCUT2D eigenvalue weighted by atomic mass is 10.4. The summed E-state index contributed by atoms with van der Waals surface area (Å²) in [5, 5.41) is 3.89. The lowest BCUT2D eigenvalue weighted by molar-refractivity contribution is 0.177. The summed E-state index contributed by atoms with van der Waals surface area (Å²) >= 11 is 1.59. The van der Waals surface area contributed by atoms with E-state index in [4.69, 9.17) is 9.15 Å². The fourth-order valence-corrected chi connectivity index (χ4v) is 1.92. The van der Waals surface area contributed by atoms with Crippen molar-refractivity contribution >= 4 is 11.8 Å². The van der Waals surface area contributed by atoms with Crippen molar-refractivity contribution in [2.45, 2.75) is 18.2 Å². The molecule has 0 radical (unpaired) electrons. The van der Waals surface area contributed by atoms with Crippen LogP contribution in [0.4, 0.5) is 0 Å². The van der Waals surface area contributed by atoms with Crippen LogP contribution in [0.3, 0.4) is 0 Å². The quantitative estimate of drug-likeness (QED) is 0.726. The van der Waals surface area contributed by atoms with Gasteiger partial charge in [-0.25, -0.2) is 4.98 Å². The Balaban J connectivity index is 2.31. The molecule has 0 saturated carbocycles. The van der Waals surface area contributed by atoms with Gasteiger partial charge < -0.3 is 14.5 Å². The molecule has 0 fully saturated rings. The van der Waals surface area contributed by atoms with Crippen molar-refractivity contribution in [3.63, 3.8) is 0 Å². The minimum atomic E-state index is 0.331. The van der Waals surface area contributed by atoms with E-state index < -0.39 is 0 Å². The maximum absolute atomic E-state index is 5.22. The van der Waals surface area contributed by atoms with E-state index in [1.165, 1.54) is 0 Å². The first kappa shape index (κ1) is 11.6. The zero-order valence-corrected chi connectivity index (χ0v) is 9.56. The molecule has 1 N–H and O–H groups in total. The molecule has 5 heteroatoms. The summed E-state index contributed by atoms with van der Waals surface area (Å²) in [5.74, 6) is 0.893. The number of aromatic nitrogens is 1. The molecule has 0 aromatic carbocycles. The Morgan fingerprint density at radius 2 is 2.50 bits per heavy atom. The number of likely N-dealkylation sites (N-methyl/N-ethyl adjacent to an activating group) is 1. The van der Waals surface area contributed by atoms with Gasteiger partial charge in [0.05, 0.1) is 12.3 Å². The van der Waals surface area contributed by atoms with Gasteiger partial charge in [0.1, 0.15) is 6.26 Å². The molecule has 1 aromatic rings. The van der Waals surface area contributed by atoms with Gasteiger partial charge in [0.25, 0.3) is 5.22 Å². The standard InChI is InChI=1S/C9H16N2O2S/c1-7-4-13-9(11-7)14-6-8(10-2)5-12-3/h4,8,10H,5-6H2,1-3H3. The van der Waals surface area contributed by atoms with Crippen LogP contribution in [-0.4, -0.2) is 37.5 Å². The average Bonchev–Trinajstić information content (AvgIpc) is 2.59. The van der Waals surface area contributed by atoms with E-state index in [9.17, 15) is 0 Å². The summed E-state index contributed by atoms with van der Waals surface area (Å²) in [6.07, 6.45) is 1.66. The van der Waals surface area contributed by atoms with Gasteiger partial charge in [-0.2, -0.15) is 0 Å². The third kappa shape index (κ3) is 3.69. The normalized spacial score (nSPS) is 13.1. The molecule has 0 aliphatic carbocycles. The maximum Gasteiger partial charge on any atom is 0.255 e. The Morgan fingerprint density at radius 1 is 1.71 bits per heavy atom. The SMILES string of the molecule is CNC(COC)CSc1nc(C)co1. The number of methoxy groups -OCH3 is 1. The molecule has 4 nitrogen and oxygen atoms in total. The van der Waals surface area contributed by atoms with Crippen molar-refractivity contribution in [3.8, 4) is 0 Å². The number of rotatable bonds is 6. The summed E-state index contributed by atoms with van der Waals surface area (Å²) in [4.78, 5) is 4.20. The minimum Gasteiger partial charge on any atom is -0.440 e. The Kier molecular flexibility index (Phi) is 5.00. The van der Waals surface area contributed by atoms with Crippen molar-refractivity contribution in [3.05, 3.63) is 12.0 Å². The van der Waals surface area contributed by atoms with E-state index >= 15 is 0 Å². The molecule has 0 amide bonds. The van der Waals surface area contributed by atoms with E-state index in [1.807, 2.05) is 14.0 Å². The second kappa shape index (κ2) is 6.06. The molecule has 0 bridgehead atoms. The molecule has 0 aliphatic rings. The van der Waals surface area contributed by atoms with Crippen LogP contribution in [0.1, 0.15) is 5.69 Å². The molecule has 1 aromatic heterocycles. The van der Waals surface area contributed by atoms with E-state index in [1.54, 1.807) is 25.1 Å². The highest BCUT2D eigenvalue weighted by Crippen LogP contribution is 2.17. The molecular weight excluding hydrogens is 200 g/mol. The van der Waals surface area contributed by atoms with E-state index in [-0.39, 0.29) is 0 Å². The predicted molar refractivity (Wildman–Crippen MR) is 56.7 cm³/mol. The molecular formula is C9H16N2O2S. The molecule has 1 unspecified atom stereocenters. The number of nitrogens with zero attached hydrogens (tertiary/aromatic N) is 1. The number of hydrogen-bond donors (Lipinski definition) is 1. The average molecular weight is 216 g/mol. The van der Waals surface area contributed by atoms with Crippen molar-refractivity contribution in [2.24, 2.45) is 0 Å². The van der Waals surface area contributed by atoms with Gasteiger partial charge in [-0.3, -0.25) is 0 Å². The van der Waals surface area contributed by atoms with Crippen molar-refractivity contribution in [2.75, 3.05) is 26.5 Å². The zero-order valence-electron chi connectivity index (χ0n) is 8.74. The number of thioether (sulfide) groups is 1. The third-order valence-electron chi connectivity index (χ3n) is 1.78. The highest BCUT2D eigenvalue weighted by Gasteiger charge is 2.08. The summed E-state index contributed by atoms with van der Waals surface area (Å²) in [6, 6.07) is 0.331. The lowest BCUT2D eigenvalue weighted by Crippen LogP contribution is -2.32. The second-order valence-electron chi connectivity index (χ2n) is 3.01. The Bertz CT molecular complexity index is 265. The van der Waals surface area contributed by atoms with Crippen molar-refractivity contribution < 1.29 is 9.15 Å². The van der Waals surface area contributed by atoms with Gasteiger partial charge >= 0.3 is 0 Å². The Hall–Kier alpha value is -0.520. The van der Waals surface area contributed by atoms with Gasteiger partial charge in [-0.05, 0) is 14.0 Å². The van der Waals surface area contributed by atoms with Crippen LogP contribution in [0, 0.1) is 6.92 Å². The largest absolute Gasteiger partial charge is 0.440 e. The summed E-state index contributed by atoms with van der Waals surface area (Å²) < 4.78 is 10.3. The zero-order chi connectivity index (χ0) is 10.4. The first-order valence-corrected chi connectivity index (χ1v) is 5.46. The molecule has 14 heavy (non-hydrogen) atoms. The molecule has 0 spiro atoms. The first-order chi connectivity index (χ1) is 6.76.